The lowest BCUT2D eigenvalue weighted by molar-refractivity contribution is 0.0491. The van der Waals surface area contributed by atoms with Gasteiger partial charge in [0.25, 0.3) is 0 Å². The van der Waals surface area contributed by atoms with Crippen LogP contribution in [-0.2, 0) is 11.2 Å². The second-order valence-corrected chi connectivity index (χ2v) is 5.17. The number of aromatic nitrogens is 2. The highest BCUT2D eigenvalue weighted by Gasteiger charge is 2.16. The van der Waals surface area contributed by atoms with E-state index in [2.05, 4.69) is 26.1 Å². The van der Waals surface area contributed by atoms with Gasteiger partial charge in [0, 0.05) is 18.0 Å². The zero-order valence-corrected chi connectivity index (χ0v) is 13.6. The van der Waals surface area contributed by atoms with Gasteiger partial charge < -0.3 is 10.1 Å². The maximum atomic E-state index is 5.78. The van der Waals surface area contributed by atoms with Crippen LogP contribution in [0.2, 0.25) is 0 Å². The molecular weight excluding hydrogens is 250 g/mol. The summed E-state index contributed by atoms with van der Waals surface area (Å²) in [5.41, 5.74) is 3.49. The molecule has 0 aliphatic heterocycles. The predicted octanol–water partition coefficient (Wildman–Crippen LogP) is 3.12. The molecule has 0 aliphatic rings. The van der Waals surface area contributed by atoms with Crippen molar-refractivity contribution in [1.82, 2.24) is 15.3 Å². The Morgan fingerprint density at radius 3 is 2.30 bits per heavy atom. The molecule has 0 saturated heterocycles. The fourth-order valence-corrected chi connectivity index (χ4v) is 2.46. The standard InChI is InChI=1S/C16H29N3O/c1-6-9-15(20-7-2)16-18-12(3)14(13(4)19-16)10-8-11-17-5/h15,17H,6-11H2,1-5H3. The van der Waals surface area contributed by atoms with Crippen molar-refractivity contribution in [3.05, 3.63) is 22.8 Å². The summed E-state index contributed by atoms with van der Waals surface area (Å²) >= 11 is 0. The van der Waals surface area contributed by atoms with Gasteiger partial charge in [0.1, 0.15) is 6.10 Å². The van der Waals surface area contributed by atoms with Gasteiger partial charge in [-0.15, -0.1) is 0 Å². The summed E-state index contributed by atoms with van der Waals surface area (Å²) in [6.07, 6.45) is 4.24. The Kier molecular flexibility index (Phi) is 7.70. The fourth-order valence-electron chi connectivity index (χ4n) is 2.46. The van der Waals surface area contributed by atoms with Crippen LogP contribution in [0.15, 0.2) is 0 Å². The summed E-state index contributed by atoms with van der Waals surface area (Å²) in [5, 5.41) is 3.18. The number of aryl methyl sites for hydroxylation is 2. The largest absolute Gasteiger partial charge is 0.371 e. The van der Waals surface area contributed by atoms with Crippen molar-refractivity contribution in [2.45, 2.75) is 59.5 Å². The molecule has 1 unspecified atom stereocenters. The van der Waals surface area contributed by atoms with E-state index >= 15 is 0 Å². The van der Waals surface area contributed by atoms with Crippen LogP contribution in [-0.4, -0.2) is 30.2 Å². The molecule has 1 rings (SSSR count). The minimum absolute atomic E-state index is 0.0359. The van der Waals surface area contributed by atoms with Gasteiger partial charge in [-0.2, -0.15) is 0 Å². The second kappa shape index (κ2) is 9.03. The average Bonchev–Trinajstić information content (AvgIpc) is 2.41. The topological polar surface area (TPSA) is 47.0 Å². The first-order valence-electron chi connectivity index (χ1n) is 7.74. The molecule has 1 N–H and O–H groups in total. The van der Waals surface area contributed by atoms with Crippen LogP contribution in [0.4, 0.5) is 0 Å². The molecule has 4 heteroatoms. The van der Waals surface area contributed by atoms with Gasteiger partial charge in [-0.25, -0.2) is 9.97 Å². The van der Waals surface area contributed by atoms with Crippen LogP contribution in [0.25, 0.3) is 0 Å². The summed E-state index contributed by atoms with van der Waals surface area (Å²) in [4.78, 5) is 9.39. The molecule has 0 aromatic carbocycles. The van der Waals surface area contributed by atoms with Gasteiger partial charge in [0.15, 0.2) is 5.82 Å². The van der Waals surface area contributed by atoms with Gasteiger partial charge in [0.2, 0.25) is 0 Å². The molecule has 0 bridgehead atoms. The second-order valence-electron chi connectivity index (χ2n) is 5.17. The number of nitrogens with zero attached hydrogens (tertiary/aromatic N) is 2. The maximum absolute atomic E-state index is 5.78. The van der Waals surface area contributed by atoms with Gasteiger partial charge in [-0.05, 0) is 59.2 Å². The molecule has 0 fully saturated rings. The molecule has 0 saturated carbocycles. The lowest BCUT2D eigenvalue weighted by Gasteiger charge is -2.18. The van der Waals surface area contributed by atoms with E-state index in [1.807, 2.05) is 14.0 Å². The predicted molar refractivity (Wildman–Crippen MR) is 83.0 cm³/mol. The highest BCUT2D eigenvalue weighted by Crippen LogP contribution is 2.22. The minimum atomic E-state index is 0.0359. The molecule has 0 aliphatic carbocycles. The van der Waals surface area contributed by atoms with Gasteiger partial charge in [0.05, 0.1) is 0 Å². The molecule has 1 aromatic rings. The van der Waals surface area contributed by atoms with Crippen molar-refractivity contribution in [1.29, 1.82) is 0 Å². The fraction of sp³-hybridized carbons (Fsp3) is 0.750. The first kappa shape index (κ1) is 17.1. The van der Waals surface area contributed by atoms with Crippen molar-refractivity contribution in [3.8, 4) is 0 Å². The minimum Gasteiger partial charge on any atom is -0.371 e. The Balaban J connectivity index is 2.90. The van der Waals surface area contributed by atoms with Crippen LogP contribution in [0, 0.1) is 13.8 Å². The van der Waals surface area contributed by atoms with Gasteiger partial charge in [-0.1, -0.05) is 13.3 Å². The third-order valence-corrected chi connectivity index (χ3v) is 3.50. The number of hydrogen-bond donors (Lipinski definition) is 1. The van der Waals surface area contributed by atoms with Crippen LogP contribution in [0.3, 0.4) is 0 Å². The molecule has 4 nitrogen and oxygen atoms in total. The molecule has 1 atom stereocenters. The van der Waals surface area contributed by atoms with E-state index in [9.17, 15) is 0 Å². The number of nitrogens with one attached hydrogen (secondary N) is 1. The zero-order valence-electron chi connectivity index (χ0n) is 13.6. The molecule has 0 radical (unpaired) electrons. The van der Waals surface area contributed by atoms with Crippen molar-refractivity contribution in [2.75, 3.05) is 20.2 Å². The first-order chi connectivity index (χ1) is 9.63. The van der Waals surface area contributed by atoms with Crippen LogP contribution in [0.1, 0.15) is 62.0 Å². The molecular formula is C16H29N3O. The maximum Gasteiger partial charge on any atom is 0.157 e. The van der Waals surface area contributed by atoms with E-state index in [4.69, 9.17) is 14.7 Å². The smallest absolute Gasteiger partial charge is 0.157 e. The Morgan fingerprint density at radius 1 is 1.15 bits per heavy atom. The summed E-state index contributed by atoms with van der Waals surface area (Å²) < 4.78 is 5.78. The monoisotopic (exact) mass is 279 g/mol. The molecule has 20 heavy (non-hydrogen) atoms. The van der Waals surface area contributed by atoms with Crippen molar-refractivity contribution < 1.29 is 4.74 Å². The van der Waals surface area contributed by atoms with E-state index in [1.165, 1.54) is 5.56 Å². The van der Waals surface area contributed by atoms with Crippen molar-refractivity contribution in [3.63, 3.8) is 0 Å². The molecule has 114 valence electrons. The van der Waals surface area contributed by atoms with Crippen LogP contribution < -0.4 is 5.32 Å². The third kappa shape index (κ3) is 4.84. The molecule has 0 spiro atoms. The Bertz CT molecular complexity index is 378. The average molecular weight is 279 g/mol. The van der Waals surface area contributed by atoms with Crippen LogP contribution in [0.5, 0.6) is 0 Å². The van der Waals surface area contributed by atoms with Gasteiger partial charge >= 0.3 is 0 Å². The van der Waals surface area contributed by atoms with E-state index in [0.29, 0.717) is 6.61 Å². The van der Waals surface area contributed by atoms with Gasteiger partial charge in [-0.3, -0.25) is 0 Å². The Labute approximate surface area is 123 Å². The highest BCUT2D eigenvalue weighted by atomic mass is 16.5. The van der Waals surface area contributed by atoms with Crippen molar-refractivity contribution in [2.24, 2.45) is 0 Å². The number of hydrogen-bond acceptors (Lipinski definition) is 4. The molecule has 0 amide bonds. The Morgan fingerprint density at radius 2 is 1.80 bits per heavy atom. The summed E-state index contributed by atoms with van der Waals surface area (Å²) in [7, 11) is 1.98. The SMILES string of the molecule is CCCC(OCC)c1nc(C)c(CCCNC)c(C)n1. The van der Waals surface area contributed by atoms with E-state index in [0.717, 1.165) is 49.4 Å². The zero-order chi connectivity index (χ0) is 15.0. The lowest BCUT2D eigenvalue weighted by atomic mass is 10.1. The van der Waals surface area contributed by atoms with E-state index in [1.54, 1.807) is 0 Å². The molecule has 1 heterocycles. The summed E-state index contributed by atoms with van der Waals surface area (Å²) in [6, 6.07) is 0. The number of ether oxygens (including phenoxy) is 1. The first-order valence-corrected chi connectivity index (χ1v) is 7.74. The molecule has 1 aromatic heterocycles. The van der Waals surface area contributed by atoms with E-state index in [-0.39, 0.29) is 6.10 Å². The number of rotatable bonds is 9. The quantitative estimate of drug-likeness (QED) is 0.706. The normalized spacial score (nSPS) is 12.7. The summed E-state index contributed by atoms with van der Waals surface area (Å²) in [5.74, 6) is 0.848. The van der Waals surface area contributed by atoms with E-state index < -0.39 is 0 Å². The third-order valence-electron chi connectivity index (χ3n) is 3.50. The van der Waals surface area contributed by atoms with Crippen LogP contribution >= 0.6 is 0 Å². The summed E-state index contributed by atoms with van der Waals surface area (Å²) in [6.45, 7) is 10.1. The van der Waals surface area contributed by atoms with Crippen molar-refractivity contribution >= 4 is 0 Å². The highest BCUT2D eigenvalue weighted by molar-refractivity contribution is 5.25. The lowest BCUT2D eigenvalue weighted by Crippen LogP contribution is -2.14. The Hall–Kier alpha value is -1.00.